The fraction of sp³-hybridized carbons (Fsp3) is 0. The Bertz CT molecular complexity index is 214. The Morgan fingerprint density at radius 2 is 1.90 bits per heavy atom. The number of carboxylic acids is 1. The first kappa shape index (κ1) is 9.15. The van der Waals surface area contributed by atoms with Crippen molar-refractivity contribution < 1.29 is 9.90 Å². The summed E-state index contributed by atoms with van der Waals surface area (Å²) in [5, 5.41) is 8.26. The van der Waals surface area contributed by atoms with Crippen LogP contribution in [-0.2, 0) is 0 Å². The van der Waals surface area contributed by atoms with Gasteiger partial charge in [0.2, 0.25) is 5.82 Å². The standard InChI is InChI=1S/C5H4N2O2.Li/c8-5(9)4-6-2-1-3-7-4;/h1-3H,(H,8,9);. The number of hydrogen-bond donors (Lipinski definition) is 1. The molecule has 0 unspecified atom stereocenters. The van der Waals surface area contributed by atoms with Gasteiger partial charge in [0, 0.05) is 31.3 Å². The molecule has 0 aromatic carbocycles. The van der Waals surface area contributed by atoms with Gasteiger partial charge in [-0.3, -0.25) is 0 Å². The second-order valence-corrected chi connectivity index (χ2v) is 1.38. The summed E-state index contributed by atoms with van der Waals surface area (Å²) in [6.45, 7) is 0. The maximum atomic E-state index is 10.1. The second-order valence-electron chi connectivity index (χ2n) is 1.38. The monoisotopic (exact) mass is 131 g/mol. The molecule has 0 amide bonds. The van der Waals surface area contributed by atoms with Crippen LogP contribution in [0, 0.1) is 0 Å². The molecule has 0 atom stereocenters. The number of carboxylic acid groups (broad SMARTS) is 1. The molecule has 5 heteroatoms. The Hall–Kier alpha value is -0.853. The van der Waals surface area contributed by atoms with Gasteiger partial charge in [-0.25, -0.2) is 14.8 Å². The molecule has 0 saturated carbocycles. The maximum absolute atomic E-state index is 10.1. The normalized spacial score (nSPS) is 8.00. The molecule has 1 N–H and O–H groups in total. The van der Waals surface area contributed by atoms with Crippen molar-refractivity contribution in [3.8, 4) is 0 Å². The van der Waals surface area contributed by atoms with Crippen LogP contribution >= 0.6 is 0 Å². The van der Waals surface area contributed by atoms with Gasteiger partial charge in [0.1, 0.15) is 0 Å². The minimum absolute atomic E-state index is 0. The Balaban J connectivity index is 0.000000810. The van der Waals surface area contributed by atoms with Crippen molar-refractivity contribution in [2.45, 2.75) is 0 Å². The predicted octanol–water partition coefficient (Wildman–Crippen LogP) is -0.206. The Kier molecular flexibility index (Phi) is 3.70. The third-order valence-corrected chi connectivity index (χ3v) is 0.757. The Labute approximate surface area is 69.5 Å². The van der Waals surface area contributed by atoms with Crippen molar-refractivity contribution in [3.63, 3.8) is 0 Å². The van der Waals surface area contributed by atoms with E-state index in [1.165, 1.54) is 12.4 Å². The first-order valence-electron chi connectivity index (χ1n) is 2.31. The molecule has 0 aliphatic carbocycles. The number of aromatic carboxylic acids is 1. The first-order chi connectivity index (χ1) is 4.30. The third-order valence-electron chi connectivity index (χ3n) is 0.757. The average molecular weight is 131 g/mol. The Morgan fingerprint density at radius 1 is 1.40 bits per heavy atom. The Morgan fingerprint density at radius 3 is 2.20 bits per heavy atom. The van der Waals surface area contributed by atoms with Gasteiger partial charge in [-0.15, -0.1) is 0 Å². The summed E-state index contributed by atoms with van der Waals surface area (Å²) in [6, 6.07) is 1.56. The molecule has 47 valence electrons. The molecule has 0 spiro atoms. The molecule has 1 radical (unpaired) electrons. The molecular formula is C5H4LiN2O2. The number of rotatable bonds is 1. The van der Waals surface area contributed by atoms with Gasteiger partial charge in [-0.1, -0.05) is 0 Å². The molecule has 1 aromatic rings. The zero-order valence-electron chi connectivity index (χ0n) is 5.48. The topological polar surface area (TPSA) is 63.1 Å². The minimum atomic E-state index is -1.10. The number of aromatic nitrogens is 2. The van der Waals surface area contributed by atoms with E-state index in [1.807, 2.05) is 0 Å². The molecule has 4 nitrogen and oxygen atoms in total. The van der Waals surface area contributed by atoms with E-state index in [0.29, 0.717) is 0 Å². The van der Waals surface area contributed by atoms with Gasteiger partial charge in [-0.2, -0.15) is 0 Å². The van der Waals surface area contributed by atoms with Crippen molar-refractivity contribution in [1.82, 2.24) is 9.97 Å². The van der Waals surface area contributed by atoms with Gasteiger partial charge in [-0.05, 0) is 6.07 Å². The fourth-order valence-electron chi connectivity index (χ4n) is 0.410. The quantitative estimate of drug-likeness (QED) is 0.536. The van der Waals surface area contributed by atoms with Crippen LogP contribution in [0.2, 0.25) is 0 Å². The molecule has 0 saturated heterocycles. The zero-order valence-corrected chi connectivity index (χ0v) is 5.48. The summed E-state index contributed by atoms with van der Waals surface area (Å²) >= 11 is 0. The second kappa shape index (κ2) is 4.04. The van der Waals surface area contributed by atoms with Crippen molar-refractivity contribution >= 4 is 24.8 Å². The van der Waals surface area contributed by atoms with E-state index in [1.54, 1.807) is 6.07 Å². The van der Waals surface area contributed by atoms with Crippen LogP contribution in [0.3, 0.4) is 0 Å². The summed E-state index contributed by atoms with van der Waals surface area (Å²) in [5.74, 6) is -1.27. The average Bonchev–Trinajstić information content (AvgIpc) is 1.90. The van der Waals surface area contributed by atoms with E-state index in [9.17, 15) is 4.79 Å². The van der Waals surface area contributed by atoms with Crippen LogP contribution in [0.25, 0.3) is 0 Å². The molecule has 0 aliphatic rings. The third kappa shape index (κ3) is 2.17. The summed E-state index contributed by atoms with van der Waals surface area (Å²) < 4.78 is 0. The van der Waals surface area contributed by atoms with Gasteiger partial charge < -0.3 is 5.11 Å². The molecular weight excluding hydrogens is 127 g/mol. The molecule has 10 heavy (non-hydrogen) atoms. The smallest absolute Gasteiger partial charge is 0.373 e. The van der Waals surface area contributed by atoms with E-state index in [2.05, 4.69) is 9.97 Å². The maximum Gasteiger partial charge on any atom is 0.373 e. The van der Waals surface area contributed by atoms with E-state index in [-0.39, 0.29) is 24.7 Å². The summed E-state index contributed by atoms with van der Waals surface area (Å²) in [7, 11) is 0. The largest absolute Gasteiger partial charge is 0.475 e. The number of nitrogens with zero attached hydrogens (tertiary/aromatic N) is 2. The summed E-state index contributed by atoms with van der Waals surface area (Å²) in [5.41, 5.74) is 0. The fourth-order valence-corrected chi connectivity index (χ4v) is 0.410. The number of carbonyl (C=O) groups is 1. The van der Waals surface area contributed by atoms with Crippen LogP contribution in [0.5, 0.6) is 0 Å². The van der Waals surface area contributed by atoms with Crippen molar-refractivity contribution in [3.05, 3.63) is 24.3 Å². The van der Waals surface area contributed by atoms with Crippen molar-refractivity contribution in [2.24, 2.45) is 0 Å². The van der Waals surface area contributed by atoms with Gasteiger partial charge in [0.25, 0.3) is 0 Å². The van der Waals surface area contributed by atoms with E-state index in [0.717, 1.165) is 0 Å². The summed E-state index contributed by atoms with van der Waals surface area (Å²) in [4.78, 5) is 17.0. The molecule has 1 heterocycles. The van der Waals surface area contributed by atoms with Crippen LogP contribution in [0.1, 0.15) is 10.6 Å². The van der Waals surface area contributed by atoms with Crippen LogP contribution in [0.15, 0.2) is 18.5 Å². The van der Waals surface area contributed by atoms with Crippen molar-refractivity contribution in [1.29, 1.82) is 0 Å². The van der Waals surface area contributed by atoms with Crippen molar-refractivity contribution in [2.75, 3.05) is 0 Å². The van der Waals surface area contributed by atoms with Gasteiger partial charge in [0.05, 0.1) is 0 Å². The van der Waals surface area contributed by atoms with E-state index >= 15 is 0 Å². The SMILES string of the molecule is O=C(O)c1ncccn1.[Li]. The zero-order chi connectivity index (χ0) is 6.69. The molecule has 1 rings (SSSR count). The van der Waals surface area contributed by atoms with Gasteiger partial charge >= 0.3 is 5.97 Å². The first-order valence-corrected chi connectivity index (χ1v) is 2.31. The minimum Gasteiger partial charge on any atom is -0.475 e. The van der Waals surface area contributed by atoms with Crippen LogP contribution in [-0.4, -0.2) is 39.9 Å². The van der Waals surface area contributed by atoms with E-state index in [4.69, 9.17) is 5.11 Å². The molecule has 0 bridgehead atoms. The van der Waals surface area contributed by atoms with E-state index < -0.39 is 5.97 Å². The molecule has 0 fully saturated rings. The summed E-state index contributed by atoms with van der Waals surface area (Å²) in [6.07, 6.45) is 2.77. The van der Waals surface area contributed by atoms with Crippen LogP contribution < -0.4 is 0 Å². The predicted molar refractivity (Wildman–Crippen MR) is 34.7 cm³/mol. The van der Waals surface area contributed by atoms with Gasteiger partial charge in [0.15, 0.2) is 0 Å². The number of hydrogen-bond acceptors (Lipinski definition) is 3. The molecule has 0 aliphatic heterocycles. The van der Waals surface area contributed by atoms with Crippen LogP contribution in [0.4, 0.5) is 0 Å². The molecule has 1 aromatic heterocycles.